The predicted molar refractivity (Wildman–Crippen MR) is 129 cm³/mol. The van der Waals surface area contributed by atoms with Gasteiger partial charge in [-0.15, -0.1) is 0 Å². The van der Waals surface area contributed by atoms with Gasteiger partial charge in [0.25, 0.3) is 0 Å². The summed E-state index contributed by atoms with van der Waals surface area (Å²) in [5.41, 5.74) is 8.71. The van der Waals surface area contributed by atoms with Crippen LogP contribution in [-0.2, 0) is 6.54 Å². The minimum Gasteiger partial charge on any atom is -0.318 e. The molecule has 160 valence electrons. The fraction of sp³-hybridized carbons (Fsp3) is 0.179. The van der Waals surface area contributed by atoms with E-state index in [9.17, 15) is 4.79 Å². The first kappa shape index (κ1) is 20.1. The smallest absolute Gasteiger partial charge is 0.318 e. The summed E-state index contributed by atoms with van der Waals surface area (Å²) in [6, 6.07) is 26.7. The Labute approximate surface area is 189 Å². The standard InChI is InChI=1S/C28H27N3O/c1-19-15-20(2)17-23(16-19)29-28(32)31-18-22-10-5-7-12-25(22)30-14-8-13-26(30)27(31)24-11-6-4-9-21(24)3/h4-17,27H,18H2,1-3H3,(H,29,32)/t27-/m0/s1. The van der Waals surface area contributed by atoms with Gasteiger partial charge in [-0.05, 0) is 78.9 Å². The van der Waals surface area contributed by atoms with Crippen LogP contribution in [0.5, 0.6) is 0 Å². The summed E-state index contributed by atoms with van der Waals surface area (Å²) in [5.74, 6) is 0. The van der Waals surface area contributed by atoms with Crippen LogP contribution in [0.2, 0.25) is 0 Å². The molecule has 0 fully saturated rings. The number of aromatic nitrogens is 1. The summed E-state index contributed by atoms with van der Waals surface area (Å²) in [7, 11) is 0. The van der Waals surface area contributed by atoms with Gasteiger partial charge in [-0.2, -0.15) is 0 Å². The molecule has 4 aromatic rings. The molecule has 3 aromatic carbocycles. The summed E-state index contributed by atoms with van der Waals surface area (Å²) in [6.45, 7) is 6.73. The molecule has 4 heteroatoms. The number of nitrogens with zero attached hydrogens (tertiary/aromatic N) is 2. The van der Waals surface area contributed by atoms with Gasteiger partial charge in [0.2, 0.25) is 0 Å². The highest BCUT2D eigenvalue weighted by atomic mass is 16.2. The molecule has 1 aromatic heterocycles. The van der Waals surface area contributed by atoms with Crippen molar-refractivity contribution in [2.24, 2.45) is 0 Å². The van der Waals surface area contributed by atoms with E-state index in [-0.39, 0.29) is 12.1 Å². The van der Waals surface area contributed by atoms with Gasteiger partial charge in [-0.25, -0.2) is 4.79 Å². The predicted octanol–water partition coefficient (Wildman–Crippen LogP) is 6.54. The van der Waals surface area contributed by atoms with Crippen molar-refractivity contribution in [3.05, 3.63) is 119 Å². The Morgan fingerprint density at radius 1 is 0.875 bits per heavy atom. The Kier molecular flexibility index (Phi) is 5.06. The number of hydrogen-bond acceptors (Lipinski definition) is 1. The van der Waals surface area contributed by atoms with Gasteiger partial charge < -0.3 is 14.8 Å². The summed E-state index contributed by atoms with van der Waals surface area (Å²) in [6.07, 6.45) is 2.09. The first-order chi connectivity index (χ1) is 15.5. The highest BCUT2D eigenvalue weighted by Crippen LogP contribution is 2.38. The number of urea groups is 1. The topological polar surface area (TPSA) is 37.3 Å². The molecule has 0 spiro atoms. The molecule has 1 aliphatic heterocycles. The molecule has 1 atom stereocenters. The van der Waals surface area contributed by atoms with Crippen molar-refractivity contribution in [2.45, 2.75) is 33.4 Å². The van der Waals surface area contributed by atoms with Crippen molar-refractivity contribution in [2.75, 3.05) is 5.32 Å². The van der Waals surface area contributed by atoms with Crippen LogP contribution >= 0.6 is 0 Å². The molecule has 0 saturated carbocycles. The van der Waals surface area contributed by atoms with E-state index >= 15 is 0 Å². The number of anilines is 1. The Morgan fingerprint density at radius 3 is 2.38 bits per heavy atom. The lowest BCUT2D eigenvalue weighted by atomic mass is 9.97. The van der Waals surface area contributed by atoms with E-state index in [0.29, 0.717) is 6.54 Å². The fourth-order valence-electron chi connectivity index (χ4n) is 4.80. The largest absolute Gasteiger partial charge is 0.322 e. The molecule has 0 saturated heterocycles. The maximum atomic E-state index is 13.8. The van der Waals surface area contributed by atoms with Crippen molar-refractivity contribution in [1.29, 1.82) is 0 Å². The van der Waals surface area contributed by atoms with Crippen LogP contribution in [0, 0.1) is 20.8 Å². The third-order valence-electron chi connectivity index (χ3n) is 6.18. The van der Waals surface area contributed by atoms with Crippen molar-refractivity contribution in [1.82, 2.24) is 9.47 Å². The zero-order chi connectivity index (χ0) is 22.2. The van der Waals surface area contributed by atoms with E-state index in [0.717, 1.165) is 39.3 Å². The van der Waals surface area contributed by atoms with Crippen LogP contribution in [0.4, 0.5) is 10.5 Å². The molecule has 0 radical (unpaired) electrons. The Bertz CT molecular complexity index is 1280. The molecule has 1 aliphatic rings. The number of aryl methyl sites for hydroxylation is 3. The van der Waals surface area contributed by atoms with Gasteiger partial charge in [0.1, 0.15) is 6.04 Å². The van der Waals surface area contributed by atoms with E-state index in [4.69, 9.17) is 0 Å². The first-order valence-electron chi connectivity index (χ1n) is 11.0. The van der Waals surface area contributed by atoms with Crippen LogP contribution in [-0.4, -0.2) is 15.5 Å². The molecular weight excluding hydrogens is 394 g/mol. The molecule has 2 amide bonds. The summed E-state index contributed by atoms with van der Waals surface area (Å²) in [4.78, 5) is 15.7. The average molecular weight is 422 g/mol. The van der Waals surface area contributed by atoms with Crippen molar-refractivity contribution in [3.63, 3.8) is 0 Å². The fourth-order valence-corrected chi connectivity index (χ4v) is 4.80. The second kappa shape index (κ2) is 8.04. The molecule has 1 N–H and O–H groups in total. The maximum Gasteiger partial charge on any atom is 0.322 e. The van der Waals surface area contributed by atoms with Crippen LogP contribution in [0.15, 0.2) is 85.1 Å². The van der Waals surface area contributed by atoms with Crippen molar-refractivity contribution < 1.29 is 4.79 Å². The van der Waals surface area contributed by atoms with Crippen LogP contribution < -0.4 is 5.32 Å². The number of carbonyl (C=O) groups excluding carboxylic acids is 1. The lowest BCUT2D eigenvalue weighted by molar-refractivity contribution is 0.194. The quantitative estimate of drug-likeness (QED) is 0.392. The van der Waals surface area contributed by atoms with Gasteiger partial charge in [-0.3, -0.25) is 0 Å². The van der Waals surface area contributed by atoms with Crippen molar-refractivity contribution in [3.8, 4) is 5.69 Å². The minimum absolute atomic E-state index is 0.104. The number of fused-ring (bicyclic) bond motifs is 3. The molecule has 0 aliphatic carbocycles. The van der Waals surface area contributed by atoms with Gasteiger partial charge in [0.05, 0.1) is 12.2 Å². The highest BCUT2D eigenvalue weighted by molar-refractivity contribution is 5.90. The van der Waals surface area contributed by atoms with E-state index < -0.39 is 0 Å². The Morgan fingerprint density at radius 2 is 1.59 bits per heavy atom. The number of nitrogens with one attached hydrogen (secondary N) is 1. The summed E-state index contributed by atoms with van der Waals surface area (Å²) in [5, 5.41) is 3.17. The van der Waals surface area contributed by atoms with Crippen LogP contribution in [0.1, 0.15) is 39.6 Å². The maximum absolute atomic E-state index is 13.8. The summed E-state index contributed by atoms with van der Waals surface area (Å²) < 4.78 is 2.22. The van der Waals surface area contributed by atoms with E-state index in [1.165, 1.54) is 5.56 Å². The molecule has 32 heavy (non-hydrogen) atoms. The van der Waals surface area contributed by atoms with Gasteiger partial charge in [0.15, 0.2) is 0 Å². The number of benzene rings is 3. The van der Waals surface area contributed by atoms with Crippen LogP contribution in [0.3, 0.4) is 0 Å². The zero-order valence-corrected chi connectivity index (χ0v) is 18.7. The second-order valence-electron chi connectivity index (χ2n) is 8.63. The SMILES string of the molecule is Cc1cc(C)cc(NC(=O)N2Cc3ccccc3-n3cccc3[C@@H]2c2ccccc2C)c1. The highest BCUT2D eigenvalue weighted by Gasteiger charge is 2.33. The van der Waals surface area contributed by atoms with E-state index in [1.807, 2.05) is 49.1 Å². The van der Waals surface area contributed by atoms with Gasteiger partial charge >= 0.3 is 6.03 Å². The molecule has 0 unspecified atom stereocenters. The van der Waals surface area contributed by atoms with Gasteiger partial charge in [0, 0.05) is 17.6 Å². The lowest BCUT2D eigenvalue weighted by Crippen LogP contribution is -2.38. The Balaban J connectivity index is 1.65. The normalized spacial score (nSPS) is 15.0. The minimum atomic E-state index is -0.204. The Hall–Kier alpha value is -3.79. The number of rotatable bonds is 2. The number of hydrogen-bond donors (Lipinski definition) is 1. The second-order valence-corrected chi connectivity index (χ2v) is 8.63. The number of para-hydroxylation sites is 1. The number of carbonyl (C=O) groups is 1. The molecule has 2 heterocycles. The average Bonchev–Trinajstić information content (AvgIpc) is 3.18. The zero-order valence-electron chi connectivity index (χ0n) is 18.7. The van der Waals surface area contributed by atoms with E-state index in [2.05, 4.69) is 71.5 Å². The first-order valence-corrected chi connectivity index (χ1v) is 11.0. The van der Waals surface area contributed by atoms with Gasteiger partial charge in [-0.1, -0.05) is 48.5 Å². The third-order valence-corrected chi connectivity index (χ3v) is 6.18. The van der Waals surface area contributed by atoms with E-state index in [1.54, 1.807) is 0 Å². The third kappa shape index (κ3) is 3.58. The van der Waals surface area contributed by atoms with Crippen molar-refractivity contribution >= 4 is 11.7 Å². The lowest BCUT2D eigenvalue weighted by Gasteiger charge is -2.32. The molecule has 5 rings (SSSR count). The summed E-state index contributed by atoms with van der Waals surface area (Å²) >= 11 is 0. The van der Waals surface area contributed by atoms with Crippen LogP contribution in [0.25, 0.3) is 5.69 Å². The number of amides is 2. The molecule has 0 bridgehead atoms. The monoisotopic (exact) mass is 421 g/mol. The molecule has 4 nitrogen and oxygen atoms in total. The molecular formula is C28H27N3O.